The smallest absolute Gasteiger partial charge is 0.266 e. The van der Waals surface area contributed by atoms with Gasteiger partial charge in [0.25, 0.3) is 5.56 Å². The number of nitrogens with zero attached hydrogens (tertiary/aromatic N) is 4. The highest BCUT2D eigenvalue weighted by Crippen LogP contribution is 2.38. The second-order valence-electron chi connectivity index (χ2n) is 6.23. The molecule has 7 heteroatoms. The highest BCUT2D eigenvalue weighted by molar-refractivity contribution is 7.99. The van der Waals surface area contributed by atoms with E-state index in [-0.39, 0.29) is 5.56 Å². The maximum absolute atomic E-state index is 13.4. The van der Waals surface area contributed by atoms with E-state index in [1.165, 1.54) is 22.2 Å². The number of aryl methyl sites for hydroxylation is 2. The van der Waals surface area contributed by atoms with Crippen LogP contribution in [-0.4, -0.2) is 25.1 Å². The molecule has 1 aliphatic carbocycles. The third-order valence-electron chi connectivity index (χ3n) is 4.67. The first-order valence-corrected chi connectivity index (χ1v) is 10.3. The largest absolute Gasteiger partial charge is 0.288 e. The Hall–Kier alpha value is -2.38. The molecule has 5 nitrogen and oxygen atoms in total. The molecule has 0 N–H and O–H groups in total. The van der Waals surface area contributed by atoms with Crippen LogP contribution in [-0.2, 0) is 12.8 Å². The van der Waals surface area contributed by atoms with Crippen LogP contribution in [0.1, 0.15) is 16.9 Å². The molecule has 0 saturated heterocycles. The molecule has 1 aromatic carbocycles. The molecule has 1 aliphatic rings. The van der Waals surface area contributed by atoms with Gasteiger partial charge in [0.15, 0.2) is 5.65 Å². The van der Waals surface area contributed by atoms with Crippen molar-refractivity contribution in [3.8, 4) is 5.69 Å². The molecule has 5 rings (SSSR count). The average molecular weight is 380 g/mol. The maximum Gasteiger partial charge on any atom is 0.288 e. The average Bonchev–Trinajstić information content (AvgIpc) is 3.35. The third-order valence-corrected chi connectivity index (χ3v) is 6.87. The van der Waals surface area contributed by atoms with Gasteiger partial charge in [-0.1, -0.05) is 36.0 Å². The Labute approximate surface area is 158 Å². The fraction of sp³-hybridized carbons (Fsp3) is 0.211. The van der Waals surface area contributed by atoms with Gasteiger partial charge >= 0.3 is 0 Å². The normalized spacial score (nSPS) is 13.5. The molecular weight excluding hydrogens is 364 g/mol. The van der Waals surface area contributed by atoms with Gasteiger partial charge in [-0.15, -0.1) is 28.1 Å². The van der Waals surface area contributed by atoms with Gasteiger partial charge in [-0.3, -0.25) is 4.79 Å². The first-order valence-electron chi connectivity index (χ1n) is 8.53. The van der Waals surface area contributed by atoms with Crippen molar-refractivity contribution in [2.24, 2.45) is 0 Å². The summed E-state index contributed by atoms with van der Waals surface area (Å²) >= 11 is 3.16. The summed E-state index contributed by atoms with van der Waals surface area (Å²) < 4.78 is 4.37. The number of rotatable bonds is 4. The van der Waals surface area contributed by atoms with E-state index in [9.17, 15) is 4.79 Å². The van der Waals surface area contributed by atoms with Crippen LogP contribution in [0.25, 0.3) is 21.4 Å². The lowest BCUT2D eigenvalue weighted by molar-refractivity contribution is 0.690. The molecule has 0 radical (unpaired) electrons. The van der Waals surface area contributed by atoms with Crippen molar-refractivity contribution in [2.75, 3.05) is 5.75 Å². The Morgan fingerprint density at radius 3 is 2.88 bits per heavy atom. The van der Waals surface area contributed by atoms with Crippen LogP contribution >= 0.6 is 23.1 Å². The highest BCUT2D eigenvalue weighted by atomic mass is 32.2. The fourth-order valence-corrected chi connectivity index (χ4v) is 5.57. The summed E-state index contributed by atoms with van der Waals surface area (Å²) in [4.78, 5) is 14.8. The van der Waals surface area contributed by atoms with E-state index < -0.39 is 0 Å². The number of para-hydroxylation sites is 1. The Morgan fingerprint density at radius 2 is 2.08 bits per heavy atom. The molecule has 0 bridgehead atoms. The van der Waals surface area contributed by atoms with Crippen LogP contribution < -0.4 is 5.56 Å². The van der Waals surface area contributed by atoms with Gasteiger partial charge in [0, 0.05) is 16.0 Å². The van der Waals surface area contributed by atoms with Gasteiger partial charge < -0.3 is 0 Å². The zero-order chi connectivity index (χ0) is 17.7. The molecule has 0 atom stereocenters. The Balaban J connectivity index is 1.94. The van der Waals surface area contributed by atoms with E-state index in [0.717, 1.165) is 40.7 Å². The molecule has 0 saturated carbocycles. The number of fused-ring (bicyclic) bond motifs is 5. The monoisotopic (exact) mass is 380 g/mol. The van der Waals surface area contributed by atoms with Crippen molar-refractivity contribution < 1.29 is 0 Å². The molecule has 0 fully saturated rings. The number of aromatic nitrogens is 4. The first kappa shape index (κ1) is 15.8. The number of benzene rings is 1. The zero-order valence-electron chi connectivity index (χ0n) is 14.0. The quantitative estimate of drug-likeness (QED) is 0.398. The summed E-state index contributed by atoms with van der Waals surface area (Å²) in [5.74, 6) is 0.712. The van der Waals surface area contributed by atoms with E-state index in [1.54, 1.807) is 16.0 Å². The molecule has 0 aliphatic heterocycles. The number of hydrogen-bond acceptors (Lipinski definition) is 5. The molecule has 0 spiro atoms. The van der Waals surface area contributed by atoms with Crippen molar-refractivity contribution in [1.29, 1.82) is 0 Å². The molecule has 130 valence electrons. The molecule has 0 unspecified atom stereocenters. The molecule has 3 aromatic heterocycles. The van der Waals surface area contributed by atoms with Crippen molar-refractivity contribution in [3.05, 3.63) is 63.8 Å². The maximum atomic E-state index is 13.4. The van der Waals surface area contributed by atoms with Gasteiger partial charge in [-0.05, 0) is 37.0 Å². The molecule has 4 aromatic rings. The van der Waals surface area contributed by atoms with Crippen LogP contribution in [0.4, 0.5) is 0 Å². The summed E-state index contributed by atoms with van der Waals surface area (Å²) in [6, 6.07) is 9.70. The highest BCUT2D eigenvalue weighted by Gasteiger charge is 2.26. The summed E-state index contributed by atoms with van der Waals surface area (Å²) in [6.07, 6.45) is 5.05. The molecule has 3 heterocycles. The minimum Gasteiger partial charge on any atom is -0.266 e. The van der Waals surface area contributed by atoms with Gasteiger partial charge in [-0.25, -0.2) is 4.68 Å². The summed E-state index contributed by atoms with van der Waals surface area (Å²) in [7, 11) is 0. The topological polar surface area (TPSA) is 52.2 Å². The van der Waals surface area contributed by atoms with E-state index in [1.807, 2.05) is 40.9 Å². The van der Waals surface area contributed by atoms with E-state index in [4.69, 9.17) is 0 Å². The standard InChI is InChI=1S/C19H16N4OS2/c1-2-11-25-19-21-20-17-15-13-9-6-10-14(13)26-16(15)18(24)22(23(17)19)12-7-4-3-5-8-12/h2-5,7-8H,1,6,9-11H2. The minimum atomic E-state index is -0.00152. The third kappa shape index (κ3) is 2.20. The van der Waals surface area contributed by atoms with E-state index in [2.05, 4.69) is 16.8 Å². The van der Waals surface area contributed by atoms with Gasteiger partial charge in [0.1, 0.15) is 4.70 Å². The predicted octanol–water partition coefficient (Wildman–Crippen LogP) is 3.86. The Morgan fingerprint density at radius 1 is 1.23 bits per heavy atom. The second kappa shape index (κ2) is 6.10. The van der Waals surface area contributed by atoms with Crippen LogP contribution in [0.5, 0.6) is 0 Å². The van der Waals surface area contributed by atoms with Crippen LogP contribution in [0.2, 0.25) is 0 Å². The van der Waals surface area contributed by atoms with Crippen LogP contribution in [0, 0.1) is 0 Å². The van der Waals surface area contributed by atoms with Crippen molar-refractivity contribution in [2.45, 2.75) is 24.4 Å². The zero-order valence-corrected chi connectivity index (χ0v) is 15.6. The van der Waals surface area contributed by atoms with Crippen molar-refractivity contribution >= 4 is 38.8 Å². The number of thiophene rings is 1. The second-order valence-corrected chi connectivity index (χ2v) is 8.32. The Bertz CT molecular complexity index is 1200. The van der Waals surface area contributed by atoms with Crippen molar-refractivity contribution in [1.82, 2.24) is 19.4 Å². The molecule has 26 heavy (non-hydrogen) atoms. The summed E-state index contributed by atoms with van der Waals surface area (Å²) in [5, 5.41) is 10.6. The number of hydrogen-bond donors (Lipinski definition) is 0. The van der Waals surface area contributed by atoms with Crippen LogP contribution in [0.3, 0.4) is 0 Å². The Kier molecular flexibility index (Phi) is 3.72. The van der Waals surface area contributed by atoms with Gasteiger partial charge in [0.05, 0.1) is 5.69 Å². The van der Waals surface area contributed by atoms with Crippen molar-refractivity contribution in [3.63, 3.8) is 0 Å². The molecule has 0 amide bonds. The van der Waals surface area contributed by atoms with Gasteiger partial charge in [-0.2, -0.15) is 4.52 Å². The lowest BCUT2D eigenvalue weighted by Crippen LogP contribution is -2.24. The number of thioether (sulfide) groups is 1. The predicted molar refractivity (Wildman–Crippen MR) is 107 cm³/mol. The minimum absolute atomic E-state index is 0.00152. The van der Waals surface area contributed by atoms with E-state index >= 15 is 0 Å². The van der Waals surface area contributed by atoms with Crippen LogP contribution in [0.15, 0.2) is 52.9 Å². The summed E-state index contributed by atoms with van der Waals surface area (Å²) in [6.45, 7) is 3.78. The van der Waals surface area contributed by atoms with Gasteiger partial charge in [0.2, 0.25) is 5.16 Å². The first-order chi connectivity index (χ1) is 12.8. The molecular formula is C19H16N4OS2. The fourth-order valence-electron chi connectivity index (χ4n) is 3.61. The lowest BCUT2D eigenvalue weighted by atomic mass is 10.2. The summed E-state index contributed by atoms with van der Waals surface area (Å²) in [5.41, 5.74) is 2.88. The van der Waals surface area contributed by atoms with E-state index in [0.29, 0.717) is 10.9 Å². The SMILES string of the molecule is C=CCSc1nnc2c3c4c(sc3c(=O)n(-c3ccccc3)n12)CCC4. The lowest BCUT2D eigenvalue weighted by Gasteiger charge is -2.11.